The van der Waals surface area contributed by atoms with Crippen LogP contribution in [0.5, 0.6) is 0 Å². The predicted octanol–water partition coefficient (Wildman–Crippen LogP) is 0.0988. The molecule has 3 rings (SSSR count). The van der Waals surface area contributed by atoms with E-state index in [0.29, 0.717) is 13.0 Å². The van der Waals surface area contributed by atoms with E-state index in [1.54, 1.807) is 11.7 Å². The lowest BCUT2D eigenvalue weighted by Gasteiger charge is -2.29. The van der Waals surface area contributed by atoms with Gasteiger partial charge in [0.1, 0.15) is 0 Å². The maximum absolute atomic E-state index is 11.6. The van der Waals surface area contributed by atoms with Crippen molar-refractivity contribution in [1.29, 1.82) is 0 Å². The van der Waals surface area contributed by atoms with Crippen LogP contribution in [0.15, 0.2) is 0 Å². The third-order valence-electron chi connectivity index (χ3n) is 4.38. The van der Waals surface area contributed by atoms with Gasteiger partial charge in [0.15, 0.2) is 5.69 Å². The number of fused-ring (bicyclic) bond motifs is 1. The molecule has 0 saturated carbocycles. The van der Waals surface area contributed by atoms with E-state index in [9.17, 15) is 14.7 Å². The highest BCUT2D eigenvalue weighted by molar-refractivity contribution is 5.87. The molecular formula is C14H20N4O3. The SMILES string of the molecule is Cn1nc(C(=O)O)c2c1CCN(CCN1CCCC1=O)C2. The molecule has 1 fully saturated rings. The van der Waals surface area contributed by atoms with Gasteiger partial charge in [-0.15, -0.1) is 0 Å². The molecule has 0 unspecified atom stereocenters. The molecule has 1 aromatic heterocycles. The van der Waals surface area contributed by atoms with Crippen LogP contribution in [0, 0.1) is 0 Å². The number of aromatic carboxylic acids is 1. The lowest BCUT2D eigenvalue weighted by Crippen LogP contribution is -2.38. The number of likely N-dealkylation sites (tertiary alicyclic amines) is 1. The summed E-state index contributed by atoms with van der Waals surface area (Å²) in [5.74, 6) is -0.733. The highest BCUT2D eigenvalue weighted by Crippen LogP contribution is 2.22. The first-order valence-electron chi connectivity index (χ1n) is 7.34. The number of aromatic nitrogens is 2. The van der Waals surface area contributed by atoms with Crippen LogP contribution in [0.4, 0.5) is 0 Å². The van der Waals surface area contributed by atoms with Gasteiger partial charge < -0.3 is 10.0 Å². The smallest absolute Gasteiger partial charge is 0.356 e. The average molecular weight is 292 g/mol. The Hall–Kier alpha value is -1.89. The third-order valence-corrected chi connectivity index (χ3v) is 4.38. The number of rotatable bonds is 4. The minimum absolute atomic E-state index is 0.162. The van der Waals surface area contributed by atoms with Gasteiger partial charge in [0, 0.05) is 63.9 Å². The molecule has 1 amide bonds. The normalized spacial score (nSPS) is 19.1. The predicted molar refractivity (Wildman–Crippen MR) is 75.0 cm³/mol. The summed E-state index contributed by atoms with van der Waals surface area (Å²) in [5.41, 5.74) is 2.00. The molecule has 2 aliphatic rings. The van der Waals surface area contributed by atoms with Gasteiger partial charge in [-0.05, 0) is 6.42 Å². The number of amides is 1. The fourth-order valence-electron chi connectivity index (χ4n) is 3.21. The number of hydrogen-bond acceptors (Lipinski definition) is 4. The molecule has 0 radical (unpaired) electrons. The zero-order chi connectivity index (χ0) is 15.0. The first-order chi connectivity index (χ1) is 10.1. The number of carboxylic acid groups (broad SMARTS) is 1. The summed E-state index contributed by atoms with van der Waals surface area (Å²) in [6, 6.07) is 0. The van der Waals surface area contributed by atoms with Crippen LogP contribution in [0.1, 0.15) is 34.6 Å². The fourth-order valence-corrected chi connectivity index (χ4v) is 3.21. The van der Waals surface area contributed by atoms with E-state index in [-0.39, 0.29) is 11.6 Å². The summed E-state index contributed by atoms with van der Waals surface area (Å²) in [7, 11) is 1.80. The van der Waals surface area contributed by atoms with Crippen LogP contribution < -0.4 is 0 Å². The second-order valence-electron chi connectivity index (χ2n) is 5.71. The molecular weight excluding hydrogens is 272 g/mol. The molecule has 7 heteroatoms. The van der Waals surface area contributed by atoms with Gasteiger partial charge in [-0.25, -0.2) is 4.79 Å². The molecule has 21 heavy (non-hydrogen) atoms. The zero-order valence-corrected chi connectivity index (χ0v) is 12.2. The number of aryl methyl sites for hydroxylation is 1. The standard InChI is InChI=1S/C14H20N4O3/c1-16-11-4-6-17(7-8-18-5-2-3-12(18)19)9-10(11)13(15-16)14(20)21/h2-9H2,1H3,(H,20,21). The third kappa shape index (κ3) is 2.65. The van der Waals surface area contributed by atoms with E-state index < -0.39 is 5.97 Å². The van der Waals surface area contributed by atoms with Crippen molar-refractivity contribution in [3.8, 4) is 0 Å². The average Bonchev–Trinajstić information content (AvgIpc) is 3.00. The first-order valence-corrected chi connectivity index (χ1v) is 7.34. The van der Waals surface area contributed by atoms with Crippen LogP contribution in [0.2, 0.25) is 0 Å². The summed E-state index contributed by atoms with van der Waals surface area (Å²) in [6.07, 6.45) is 2.42. The number of nitrogens with zero attached hydrogens (tertiary/aromatic N) is 4. The molecule has 0 spiro atoms. The molecule has 0 bridgehead atoms. The minimum atomic E-state index is -0.969. The maximum Gasteiger partial charge on any atom is 0.356 e. The van der Waals surface area contributed by atoms with Crippen molar-refractivity contribution >= 4 is 11.9 Å². The van der Waals surface area contributed by atoms with Crippen molar-refractivity contribution in [2.75, 3.05) is 26.2 Å². The summed E-state index contributed by atoms with van der Waals surface area (Å²) in [4.78, 5) is 27.0. The van der Waals surface area contributed by atoms with Gasteiger partial charge in [0.2, 0.25) is 5.91 Å². The van der Waals surface area contributed by atoms with Crippen molar-refractivity contribution in [2.24, 2.45) is 7.05 Å². The van der Waals surface area contributed by atoms with E-state index in [2.05, 4.69) is 10.00 Å². The van der Waals surface area contributed by atoms with Gasteiger partial charge in [-0.3, -0.25) is 14.4 Å². The number of carbonyl (C=O) groups excluding carboxylic acids is 1. The number of hydrogen-bond donors (Lipinski definition) is 1. The van der Waals surface area contributed by atoms with Gasteiger partial charge in [0.05, 0.1) is 0 Å². The zero-order valence-electron chi connectivity index (χ0n) is 12.2. The fraction of sp³-hybridized carbons (Fsp3) is 0.643. The topological polar surface area (TPSA) is 78.7 Å². The lowest BCUT2D eigenvalue weighted by molar-refractivity contribution is -0.127. The molecule has 1 aromatic rings. The van der Waals surface area contributed by atoms with Crippen LogP contribution >= 0.6 is 0 Å². The first kappa shape index (κ1) is 14.1. The Labute approximate surface area is 123 Å². The highest BCUT2D eigenvalue weighted by Gasteiger charge is 2.27. The molecule has 0 aliphatic carbocycles. The van der Waals surface area contributed by atoms with Gasteiger partial charge in [-0.1, -0.05) is 0 Å². The van der Waals surface area contributed by atoms with Crippen LogP contribution in [-0.2, 0) is 24.8 Å². The van der Waals surface area contributed by atoms with E-state index in [1.165, 1.54) is 0 Å². The van der Waals surface area contributed by atoms with E-state index in [1.807, 2.05) is 4.90 Å². The Morgan fingerprint density at radius 2 is 2.10 bits per heavy atom. The quantitative estimate of drug-likeness (QED) is 0.851. The maximum atomic E-state index is 11.6. The van der Waals surface area contributed by atoms with Crippen molar-refractivity contribution < 1.29 is 14.7 Å². The summed E-state index contributed by atoms with van der Waals surface area (Å²) in [5, 5.41) is 13.3. The highest BCUT2D eigenvalue weighted by atomic mass is 16.4. The van der Waals surface area contributed by atoms with E-state index in [0.717, 1.165) is 50.3 Å². The Morgan fingerprint density at radius 1 is 1.29 bits per heavy atom. The number of carbonyl (C=O) groups is 2. The van der Waals surface area contributed by atoms with Gasteiger partial charge in [-0.2, -0.15) is 5.10 Å². The van der Waals surface area contributed by atoms with Crippen LogP contribution in [0.3, 0.4) is 0 Å². The van der Waals surface area contributed by atoms with Crippen molar-refractivity contribution in [1.82, 2.24) is 19.6 Å². The molecule has 2 aliphatic heterocycles. The number of carboxylic acids is 1. The second kappa shape index (κ2) is 5.48. The lowest BCUT2D eigenvalue weighted by atomic mass is 10.1. The Bertz CT molecular complexity index is 581. The molecule has 0 aromatic carbocycles. The summed E-state index contributed by atoms with van der Waals surface area (Å²) >= 11 is 0. The summed E-state index contributed by atoms with van der Waals surface area (Å²) in [6.45, 7) is 3.86. The van der Waals surface area contributed by atoms with E-state index in [4.69, 9.17) is 0 Å². The molecule has 3 heterocycles. The largest absolute Gasteiger partial charge is 0.476 e. The molecule has 1 saturated heterocycles. The Morgan fingerprint density at radius 3 is 2.76 bits per heavy atom. The summed E-state index contributed by atoms with van der Waals surface area (Å²) < 4.78 is 1.68. The van der Waals surface area contributed by atoms with Crippen LogP contribution in [0.25, 0.3) is 0 Å². The monoisotopic (exact) mass is 292 g/mol. The van der Waals surface area contributed by atoms with Gasteiger partial charge >= 0.3 is 5.97 Å². The van der Waals surface area contributed by atoms with Crippen molar-refractivity contribution in [2.45, 2.75) is 25.8 Å². The van der Waals surface area contributed by atoms with Crippen LogP contribution in [-0.4, -0.2) is 62.7 Å². The van der Waals surface area contributed by atoms with Crippen molar-refractivity contribution in [3.63, 3.8) is 0 Å². The van der Waals surface area contributed by atoms with Crippen molar-refractivity contribution in [3.05, 3.63) is 17.0 Å². The molecule has 1 N–H and O–H groups in total. The molecule has 0 atom stereocenters. The minimum Gasteiger partial charge on any atom is -0.476 e. The molecule has 7 nitrogen and oxygen atoms in total. The Balaban J connectivity index is 1.66. The van der Waals surface area contributed by atoms with Gasteiger partial charge in [0.25, 0.3) is 0 Å². The Kier molecular flexibility index (Phi) is 3.67. The molecule has 114 valence electrons. The van der Waals surface area contributed by atoms with E-state index >= 15 is 0 Å². The second-order valence-corrected chi connectivity index (χ2v) is 5.71.